The van der Waals surface area contributed by atoms with Crippen LogP contribution < -0.4 is 5.32 Å². The molecular formula is C46H90N2O5. The first-order valence-electron chi connectivity index (χ1n) is 22.9. The monoisotopic (exact) mass is 751 g/mol. The zero-order valence-corrected chi connectivity index (χ0v) is 35.6. The number of carbonyl (C=O) groups is 1. The minimum absolute atomic E-state index is 0.104. The fourth-order valence-corrected chi connectivity index (χ4v) is 6.52. The van der Waals surface area contributed by atoms with Crippen LogP contribution in [0.15, 0.2) is 24.3 Å². The van der Waals surface area contributed by atoms with E-state index in [9.17, 15) is 4.79 Å². The molecule has 0 aliphatic rings. The van der Waals surface area contributed by atoms with Gasteiger partial charge in [-0.25, -0.2) is 4.79 Å². The zero-order valence-electron chi connectivity index (χ0n) is 35.6. The molecule has 0 heterocycles. The summed E-state index contributed by atoms with van der Waals surface area (Å²) in [5, 5.41) is 12.0. The van der Waals surface area contributed by atoms with Crippen LogP contribution in [0.3, 0.4) is 0 Å². The first-order valence-corrected chi connectivity index (χ1v) is 22.9. The van der Waals surface area contributed by atoms with Gasteiger partial charge in [0.2, 0.25) is 0 Å². The normalized spacial score (nSPS) is 12.5. The first-order chi connectivity index (χ1) is 26.2. The molecule has 0 aliphatic carbocycles. The number of allylic oxidation sites excluding steroid dienone is 4. The van der Waals surface area contributed by atoms with E-state index in [2.05, 4.69) is 48.4 Å². The molecule has 1 amide bonds. The zero-order chi connectivity index (χ0) is 38.6. The van der Waals surface area contributed by atoms with Crippen LogP contribution in [-0.2, 0) is 14.2 Å². The van der Waals surface area contributed by atoms with Crippen molar-refractivity contribution in [2.75, 3.05) is 59.2 Å². The fourth-order valence-electron chi connectivity index (χ4n) is 6.52. The number of hydrogen-bond donors (Lipinski definition) is 2. The van der Waals surface area contributed by atoms with E-state index in [1.165, 1.54) is 167 Å². The molecule has 1 unspecified atom stereocenters. The lowest BCUT2D eigenvalue weighted by Crippen LogP contribution is -2.38. The summed E-state index contributed by atoms with van der Waals surface area (Å²) in [5.74, 6) is 0. The van der Waals surface area contributed by atoms with E-state index in [0.29, 0.717) is 39.5 Å². The van der Waals surface area contributed by atoms with Gasteiger partial charge in [-0.1, -0.05) is 161 Å². The van der Waals surface area contributed by atoms with Crippen LogP contribution in [0.4, 0.5) is 4.79 Å². The predicted molar refractivity (Wildman–Crippen MR) is 228 cm³/mol. The van der Waals surface area contributed by atoms with E-state index in [1.807, 2.05) is 6.92 Å². The molecule has 314 valence electrons. The van der Waals surface area contributed by atoms with Crippen molar-refractivity contribution >= 4 is 6.09 Å². The Balaban J connectivity index is 4.10. The Morgan fingerprint density at radius 2 is 1.00 bits per heavy atom. The van der Waals surface area contributed by atoms with Crippen molar-refractivity contribution in [3.8, 4) is 0 Å². The highest BCUT2D eigenvalue weighted by molar-refractivity contribution is 5.67. The standard InChI is InChI=1S/C46H90N2O5/c1-4-7-9-11-13-15-17-19-21-23-25-27-29-31-33-35-40-51-44-45(43-47-46(50)53-42-38-48(6-3)37-39-49)52-41-36-34-32-30-28-26-24-22-20-18-16-14-12-10-8-5-2/h19-22,45,49H,4-18,23-44H2,1-3H3,(H,47,50)/b21-19-,22-20-. The van der Waals surface area contributed by atoms with Crippen LogP contribution in [0.5, 0.6) is 0 Å². The molecule has 0 aromatic rings. The topological polar surface area (TPSA) is 80.3 Å². The van der Waals surface area contributed by atoms with E-state index in [0.717, 1.165) is 26.0 Å². The Kier molecular flexibility index (Phi) is 43.8. The van der Waals surface area contributed by atoms with E-state index in [1.54, 1.807) is 0 Å². The fraction of sp³-hybridized carbons (Fsp3) is 0.891. The first kappa shape index (κ1) is 51.6. The second-order valence-corrected chi connectivity index (χ2v) is 15.1. The predicted octanol–water partition coefficient (Wildman–Crippen LogP) is 12.5. The summed E-state index contributed by atoms with van der Waals surface area (Å²) in [6.45, 7) is 11.3. The van der Waals surface area contributed by atoms with Crippen molar-refractivity contribution < 1.29 is 24.1 Å². The number of aliphatic hydroxyl groups is 1. The summed E-state index contributed by atoms with van der Waals surface area (Å²) in [4.78, 5) is 14.4. The molecule has 7 heteroatoms. The van der Waals surface area contributed by atoms with Gasteiger partial charge in [0.1, 0.15) is 6.61 Å². The van der Waals surface area contributed by atoms with E-state index in [-0.39, 0.29) is 12.7 Å². The highest BCUT2D eigenvalue weighted by Gasteiger charge is 2.13. The van der Waals surface area contributed by atoms with Gasteiger partial charge in [0.15, 0.2) is 0 Å². The third-order valence-corrected chi connectivity index (χ3v) is 10.1. The maximum Gasteiger partial charge on any atom is 0.407 e. The summed E-state index contributed by atoms with van der Waals surface area (Å²) in [5.41, 5.74) is 0. The number of alkyl carbamates (subject to hydrolysis) is 1. The Bertz CT molecular complexity index is 777. The number of carbonyl (C=O) groups excluding carboxylic acids is 1. The van der Waals surface area contributed by atoms with Gasteiger partial charge in [-0.3, -0.25) is 4.90 Å². The van der Waals surface area contributed by atoms with Gasteiger partial charge >= 0.3 is 6.09 Å². The molecule has 0 rings (SSSR count). The third kappa shape index (κ3) is 41.6. The molecular weight excluding hydrogens is 661 g/mol. The number of nitrogens with one attached hydrogen (secondary N) is 1. The number of nitrogens with zero attached hydrogens (tertiary/aromatic N) is 1. The Morgan fingerprint density at radius 3 is 1.45 bits per heavy atom. The molecule has 2 N–H and O–H groups in total. The maximum absolute atomic E-state index is 12.3. The van der Waals surface area contributed by atoms with Gasteiger partial charge in [-0.05, 0) is 70.8 Å². The highest BCUT2D eigenvalue weighted by atomic mass is 16.6. The highest BCUT2D eigenvalue weighted by Crippen LogP contribution is 2.12. The van der Waals surface area contributed by atoms with Crippen LogP contribution in [0.25, 0.3) is 0 Å². The summed E-state index contributed by atoms with van der Waals surface area (Å²) in [6.07, 6.45) is 45.2. The largest absolute Gasteiger partial charge is 0.448 e. The summed E-state index contributed by atoms with van der Waals surface area (Å²) >= 11 is 0. The van der Waals surface area contributed by atoms with Crippen LogP contribution in [0.2, 0.25) is 0 Å². The Hall–Kier alpha value is -1.41. The number of aliphatic hydroxyl groups excluding tert-OH is 1. The lowest BCUT2D eigenvalue weighted by atomic mass is 10.1. The minimum atomic E-state index is -0.427. The summed E-state index contributed by atoms with van der Waals surface area (Å²) < 4.78 is 17.6. The lowest BCUT2D eigenvalue weighted by molar-refractivity contribution is -0.0176. The van der Waals surface area contributed by atoms with Gasteiger partial charge in [0.25, 0.3) is 0 Å². The molecule has 0 aromatic heterocycles. The van der Waals surface area contributed by atoms with Crippen LogP contribution in [0, 0.1) is 0 Å². The van der Waals surface area contributed by atoms with Crippen molar-refractivity contribution in [1.82, 2.24) is 10.2 Å². The molecule has 0 spiro atoms. The Labute approximate surface area is 329 Å². The van der Waals surface area contributed by atoms with Crippen molar-refractivity contribution in [3.63, 3.8) is 0 Å². The molecule has 0 aromatic carbocycles. The number of rotatable bonds is 43. The van der Waals surface area contributed by atoms with Gasteiger partial charge in [0, 0.05) is 32.8 Å². The molecule has 0 aliphatic heterocycles. The van der Waals surface area contributed by atoms with Crippen LogP contribution >= 0.6 is 0 Å². The minimum Gasteiger partial charge on any atom is -0.448 e. The molecule has 53 heavy (non-hydrogen) atoms. The number of hydrogen-bond acceptors (Lipinski definition) is 6. The second kappa shape index (κ2) is 45.0. The summed E-state index contributed by atoms with van der Waals surface area (Å²) in [7, 11) is 0. The maximum atomic E-state index is 12.3. The van der Waals surface area contributed by atoms with Crippen molar-refractivity contribution in [3.05, 3.63) is 24.3 Å². The van der Waals surface area contributed by atoms with E-state index < -0.39 is 6.09 Å². The lowest BCUT2D eigenvalue weighted by Gasteiger charge is -2.20. The molecule has 0 saturated heterocycles. The average Bonchev–Trinajstić information content (AvgIpc) is 3.16. The van der Waals surface area contributed by atoms with Gasteiger partial charge in [-0.2, -0.15) is 0 Å². The summed E-state index contributed by atoms with van der Waals surface area (Å²) in [6, 6.07) is 0. The van der Waals surface area contributed by atoms with Gasteiger partial charge in [0.05, 0.1) is 19.3 Å². The molecule has 7 nitrogen and oxygen atoms in total. The SMILES string of the molecule is CCCCCCCC/C=C\CCCCCCCCOCC(CNC(=O)OCCN(CC)CCO)OCCCCCCCC/C=C\CCCCCCCC. The molecule has 1 atom stereocenters. The molecule has 0 bridgehead atoms. The van der Waals surface area contributed by atoms with Crippen molar-refractivity contribution in [2.45, 2.75) is 207 Å². The second-order valence-electron chi connectivity index (χ2n) is 15.1. The average molecular weight is 751 g/mol. The van der Waals surface area contributed by atoms with Crippen molar-refractivity contribution in [1.29, 1.82) is 0 Å². The van der Waals surface area contributed by atoms with Gasteiger partial charge < -0.3 is 24.6 Å². The quantitative estimate of drug-likeness (QED) is 0.0477. The van der Waals surface area contributed by atoms with Gasteiger partial charge in [-0.15, -0.1) is 0 Å². The number of amides is 1. The smallest absolute Gasteiger partial charge is 0.407 e. The van der Waals surface area contributed by atoms with E-state index >= 15 is 0 Å². The van der Waals surface area contributed by atoms with Crippen LogP contribution in [-0.4, -0.2) is 81.4 Å². The van der Waals surface area contributed by atoms with E-state index in [4.69, 9.17) is 19.3 Å². The molecule has 0 fully saturated rings. The Morgan fingerprint density at radius 1 is 0.566 bits per heavy atom. The molecule has 0 saturated carbocycles. The number of likely N-dealkylation sites (N-methyl/N-ethyl adjacent to an activating group) is 1. The third-order valence-electron chi connectivity index (χ3n) is 10.1. The number of unbranched alkanes of at least 4 members (excludes halogenated alkanes) is 24. The van der Waals surface area contributed by atoms with Crippen LogP contribution in [0.1, 0.15) is 201 Å². The number of ether oxygens (including phenoxy) is 3. The molecule has 0 radical (unpaired) electrons. The van der Waals surface area contributed by atoms with Crippen molar-refractivity contribution in [2.24, 2.45) is 0 Å².